The van der Waals surface area contributed by atoms with Crippen LogP contribution in [0, 0.1) is 19.7 Å². The standard InChI is InChI=1S/C20H18BrFN2O4/c1-11-15(12(2)28-24-11)10-27-18-7-4-13(8-19(18)26-3)20(25)23-17-6-5-14(21)9-16(17)22/h4-9H,10H2,1-3H3,(H,23,25). The van der Waals surface area contributed by atoms with Gasteiger partial charge in [0.1, 0.15) is 18.2 Å². The summed E-state index contributed by atoms with van der Waals surface area (Å²) in [6.07, 6.45) is 0. The van der Waals surface area contributed by atoms with Crippen molar-refractivity contribution < 1.29 is 23.2 Å². The van der Waals surface area contributed by atoms with E-state index in [0.29, 0.717) is 27.3 Å². The number of halogens is 2. The lowest BCUT2D eigenvalue weighted by Gasteiger charge is -2.12. The summed E-state index contributed by atoms with van der Waals surface area (Å²) in [6, 6.07) is 9.15. The number of aryl methyl sites for hydroxylation is 2. The highest BCUT2D eigenvalue weighted by Crippen LogP contribution is 2.30. The largest absolute Gasteiger partial charge is 0.493 e. The molecule has 1 amide bonds. The minimum Gasteiger partial charge on any atom is -0.493 e. The molecule has 2 aromatic carbocycles. The highest BCUT2D eigenvalue weighted by Gasteiger charge is 2.15. The second kappa shape index (κ2) is 8.43. The van der Waals surface area contributed by atoms with Gasteiger partial charge in [0.2, 0.25) is 0 Å². The molecule has 28 heavy (non-hydrogen) atoms. The number of hydrogen-bond acceptors (Lipinski definition) is 5. The summed E-state index contributed by atoms with van der Waals surface area (Å²) >= 11 is 3.18. The molecular formula is C20H18BrFN2O4. The van der Waals surface area contributed by atoms with Gasteiger partial charge in [0.15, 0.2) is 11.5 Å². The summed E-state index contributed by atoms with van der Waals surface area (Å²) < 4.78 is 30.8. The molecule has 0 spiro atoms. The van der Waals surface area contributed by atoms with Gasteiger partial charge in [-0.3, -0.25) is 4.79 Å². The van der Waals surface area contributed by atoms with Gasteiger partial charge in [-0.2, -0.15) is 0 Å². The third-order valence-corrected chi connectivity index (χ3v) is 4.65. The molecule has 0 saturated heterocycles. The number of rotatable bonds is 6. The van der Waals surface area contributed by atoms with E-state index in [4.69, 9.17) is 14.0 Å². The maximum atomic E-state index is 13.9. The van der Waals surface area contributed by atoms with Gasteiger partial charge < -0.3 is 19.3 Å². The summed E-state index contributed by atoms with van der Waals surface area (Å²) in [7, 11) is 1.48. The van der Waals surface area contributed by atoms with Crippen LogP contribution in [0.15, 0.2) is 45.4 Å². The average molecular weight is 449 g/mol. The number of methoxy groups -OCH3 is 1. The number of anilines is 1. The number of hydrogen-bond donors (Lipinski definition) is 1. The Morgan fingerprint density at radius 1 is 1.21 bits per heavy atom. The van der Waals surface area contributed by atoms with Crippen molar-refractivity contribution >= 4 is 27.5 Å². The number of benzene rings is 2. The van der Waals surface area contributed by atoms with Crippen LogP contribution in [-0.4, -0.2) is 18.2 Å². The molecule has 0 saturated carbocycles. The van der Waals surface area contributed by atoms with Crippen LogP contribution >= 0.6 is 15.9 Å². The second-order valence-corrected chi connectivity index (χ2v) is 6.95. The summed E-state index contributed by atoms with van der Waals surface area (Å²) in [5.74, 6) is 0.541. The molecule has 146 valence electrons. The van der Waals surface area contributed by atoms with Crippen molar-refractivity contribution in [1.29, 1.82) is 0 Å². The normalized spacial score (nSPS) is 10.6. The van der Waals surface area contributed by atoms with E-state index in [9.17, 15) is 9.18 Å². The van der Waals surface area contributed by atoms with Gasteiger partial charge in [0.25, 0.3) is 5.91 Å². The molecule has 0 unspecified atom stereocenters. The van der Waals surface area contributed by atoms with E-state index in [1.165, 1.54) is 25.3 Å². The van der Waals surface area contributed by atoms with Crippen LogP contribution in [0.5, 0.6) is 11.5 Å². The number of amides is 1. The van der Waals surface area contributed by atoms with E-state index >= 15 is 0 Å². The minimum atomic E-state index is -0.533. The molecule has 3 rings (SSSR count). The number of nitrogens with zero attached hydrogens (tertiary/aromatic N) is 1. The van der Waals surface area contributed by atoms with Gasteiger partial charge in [-0.25, -0.2) is 4.39 Å². The lowest BCUT2D eigenvalue weighted by atomic mass is 10.1. The van der Waals surface area contributed by atoms with Crippen molar-refractivity contribution in [2.75, 3.05) is 12.4 Å². The number of carbonyl (C=O) groups is 1. The number of carbonyl (C=O) groups excluding carboxylic acids is 1. The molecule has 3 aromatic rings. The molecule has 0 aliphatic rings. The first-order valence-corrected chi connectivity index (χ1v) is 9.17. The maximum Gasteiger partial charge on any atom is 0.255 e. The van der Waals surface area contributed by atoms with Crippen LogP contribution in [0.4, 0.5) is 10.1 Å². The fourth-order valence-electron chi connectivity index (χ4n) is 2.57. The van der Waals surface area contributed by atoms with Crippen molar-refractivity contribution in [3.05, 3.63) is 69.3 Å². The van der Waals surface area contributed by atoms with Gasteiger partial charge in [0.05, 0.1) is 24.1 Å². The Kier molecular flexibility index (Phi) is 5.99. The topological polar surface area (TPSA) is 73.6 Å². The Bertz CT molecular complexity index is 1000. The highest BCUT2D eigenvalue weighted by atomic mass is 79.9. The zero-order valence-corrected chi connectivity index (χ0v) is 17.1. The number of ether oxygens (including phenoxy) is 2. The van der Waals surface area contributed by atoms with Gasteiger partial charge in [0, 0.05) is 10.0 Å². The lowest BCUT2D eigenvalue weighted by molar-refractivity contribution is 0.102. The molecule has 0 aliphatic carbocycles. The van der Waals surface area contributed by atoms with Crippen molar-refractivity contribution in [3.8, 4) is 11.5 Å². The van der Waals surface area contributed by atoms with E-state index in [2.05, 4.69) is 26.4 Å². The summed E-state index contributed by atoms with van der Waals surface area (Å²) in [5.41, 5.74) is 2.01. The van der Waals surface area contributed by atoms with E-state index in [1.54, 1.807) is 18.2 Å². The number of nitrogens with one attached hydrogen (secondary N) is 1. The van der Waals surface area contributed by atoms with Crippen LogP contribution in [0.2, 0.25) is 0 Å². The van der Waals surface area contributed by atoms with Crippen molar-refractivity contribution in [3.63, 3.8) is 0 Å². The maximum absolute atomic E-state index is 13.9. The van der Waals surface area contributed by atoms with E-state index < -0.39 is 11.7 Å². The molecule has 0 atom stereocenters. The molecule has 0 aliphatic heterocycles. The molecule has 1 aromatic heterocycles. The molecule has 1 N–H and O–H groups in total. The summed E-state index contributed by atoms with van der Waals surface area (Å²) in [5, 5.41) is 6.43. The van der Waals surface area contributed by atoms with E-state index in [-0.39, 0.29) is 12.3 Å². The van der Waals surface area contributed by atoms with Crippen molar-refractivity contribution in [2.45, 2.75) is 20.5 Å². The first-order valence-electron chi connectivity index (χ1n) is 8.38. The van der Waals surface area contributed by atoms with Crippen LogP contribution in [-0.2, 0) is 6.61 Å². The van der Waals surface area contributed by atoms with Crippen LogP contribution in [0.1, 0.15) is 27.4 Å². The summed E-state index contributed by atoms with van der Waals surface area (Å²) in [4.78, 5) is 12.5. The number of aromatic nitrogens is 1. The van der Waals surface area contributed by atoms with Crippen molar-refractivity contribution in [1.82, 2.24) is 5.16 Å². The quantitative estimate of drug-likeness (QED) is 0.572. The molecule has 0 radical (unpaired) electrons. The SMILES string of the molecule is COc1cc(C(=O)Nc2ccc(Br)cc2F)ccc1OCc1c(C)noc1C. The molecule has 0 bridgehead atoms. The minimum absolute atomic E-state index is 0.0888. The first-order chi connectivity index (χ1) is 13.4. The Morgan fingerprint density at radius 3 is 2.64 bits per heavy atom. The predicted molar refractivity (Wildman–Crippen MR) is 105 cm³/mol. The molecule has 0 fully saturated rings. The Morgan fingerprint density at radius 2 is 2.00 bits per heavy atom. The smallest absolute Gasteiger partial charge is 0.255 e. The van der Waals surface area contributed by atoms with Crippen LogP contribution < -0.4 is 14.8 Å². The van der Waals surface area contributed by atoms with Gasteiger partial charge in [-0.1, -0.05) is 21.1 Å². The zero-order valence-electron chi connectivity index (χ0n) is 15.5. The molecule has 6 nitrogen and oxygen atoms in total. The van der Waals surface area contributed by atoms with Crippen LogP contribution in [0.25, 0.3) is 0 Å². The van der Waals surface area contributed by atoms with Gasteiger partial charge in [-0.05, 0) is 50.2 Å². The fraction of sp³-hybridized carbons (Fsp3) is 0.200. The monoisotopic (exact) mass is 448 g/mol. The van der Waals surface area contributed by atoms with Gasteiger partial charge >= 0.3 is 0 Å². The van der Waals surface area contributed by atoms with Gasteiger partial charge in [-0.15, -0.1) is 0 Å². The van der Waals surface area contributed by atoms with Crippen molar-refractivity contribution in [2.24, 2.45) is 0 Å². The third-order valence-electron chi connectivity index (χ3n) is 4.16. The summed E-state index contributed by atoms with van der Waals surface area (Å²) in [6.45, 7) is 3.90. The highest BCUT2D eigenvalue weighted by molar-refractivity contribution is 9.10. The Hall–Kier alpha value is -2.87. The predicted octanol–water partition coefficient (Wildman–Crippen LogP) is 5.03. The van der Waals surface area contributed by atoms with E-state index in [1.807, 2.05) is 13.8 Å². The Balaban J connectivity index is 1.75. The zero-order chi connectivity index (χ0) is 20.3. The Labute approximate surface area is 169 Å². The lowest BCUT2D eigenvalue weighted by Crippen LogP contribution is -2.13. The second-order valence-electron chi connectivity index (χ2n) is 6.04. The van der Waals surface area contributed by atoms with Crippen LogP contribution in [0.3, 0.4) is 0 Å². The first kappa shape index (κ1) is 19.9. The average Bonchev–Trinajstić information content (AvgIpc) is 3.00. The third kappa shape index (κ3) is 4.33. The van der Waals surface area contributed by atoms with E-state index in [0.717, 1.165) is 11.3 Å². The fourth-order valence-corrected chi connectivity index (χ4v) is 2.90. The molecule has 8 heteroatoms. The molecule has 1 heterocycles. The molecular weight excluding hydrogens is 431 g/mol.